The molecule has 0 saturated heterocycles. The number of hydrogen-bond donors (Lipinski definition) is 1. The maximum absolute atomic E-state index is 12.2. The number of nitrogens with zero attached hydrogens (tertiary/aromatic N) is 1. The maximum atomic E-state index is 12.2. The van der Waals surface area contributed by atoms with Gasteiger partial charge in [-0.1, -0.05) is 59.6 Å². The van der Waals surface area contributed by atoms with Gasteiger partial charge in [0.1, 0.15) is 0 Å². The van der Waals surface area contributed by atoms with E-state index in [1.54, 1.807) is 18.2 Å². The van der Waals surface area contributed by atoms with Crippen LogP contribution in [0.15, 0.2) is 48.5 Å². The SMILES string of the molecule is CS(=O)(=O)N(CCc1ccccc1)CC(=O)Nc1cccc(Cl)c1Cl. The molecule has 0 fully saturated rings. The minimum atomic E-state index is -3.53. The predicted octanol–water partition coefficient (Wildman–Crippen LogP) is 3.44. The molecule has 0 atom stereocenters. The molecule has 0 aliphatic heterocycles. The van der Waals surface area contributed by atoms with Crippen LogP contribution in [0.1, 0.15) is 5.56 Å². The van der Waals surface area contributed by atoms with Gasteiger partial charge in [-0.15, -0.1) is 0 Å². The summed E-state index contributed by atoms with van der Waals surface area (Å²) >= 11 is 11.9. The van der Waals surface area contributed by atoms with Gasteiger partial charge in [-0.05, 0) is 24.1 Å². The van der Waals surface area contributed by atoms with Crippen LogP contribution in [0.2, 0.25) is 10.0 Å². The summed E-state index contributed by atoms with van der Waals surface area (Å²) in [5.74, 6) is -0.484. The monoisotopic (exact) mass is 400 g/mol. The molecule has 8 heteroatoms. The summed E-state index contributed by atoms with van der Waals surface area (Å²) in [6.07, 6.45) is 1.59. The van der Waals surface area contributed by atoms with E-state index in [1.807, 2.05) is 30.3 Å². The van der Waals surface area contributed by atoms with Crippen LogP contribution in [-0.2, 0) is 21.2 Å². The Balaban J connectivity index is 2.04. The van der Waals surface area contributed by atoms with E-state index in [-0.39, 0.29) is 18.1 Å². The largest absolute Gasteiger partial charge is 0.324 e. The molecule has 0 aliphatic carbocycles. The van der Waals surface area contributed by atoms with Gasteiger partial charge < -0.3 is 5.32 Å². The van der Waals surface area contributed by atoms with Crippen LogP contribution in [0.4, 0.5) is 5.69 Å². The number of anilines is 1. The fraction of sp³-hybridized carbons (Fsp3) is 0.235. The first-order valence-corrected chi connectivity index (χ1v) is 10.1. The molecule has 0 spiro atoms. The Kier molecular flexibility index (Phi) is 6.84. The molecule has 0 radical (unpaired) electrons. The van der Waals surface area contributed by atoms with E-state index in [2.05, 4.69) is 5.32 Å². The zero-order valence-corrected chi connectivity index (χ0v) is 15.9. The van der Waals surface area contributed by atoms with E-state index in [0.717, 1.165) is 16.1 Å². The first-order chi connectivity index (χ1) is 11.8. The predicted molar refractivity (Wildman–Crippen MR) is 102 cm³/mol. The highest BCUT2D eigenvalue weighted by Crippen LogP contribution is 2.29. The van der Waals surface area contributed by atoms with Gasteiger partial charge in [-0.2, -0.15) is 4.31 Å². The Morgan fingerprint density at radius 3 is 2.40 bits per heavy atom. The summed E-state index contributed by atoms with van der Waals surface area (Å²) in [6, 6.07) is 14.3. The molecule has 25 heavy (non-hydrogen) atoms. The Labute approximate surface area is 157 Å². The number of benzene rings is 2. The van der Waals surface area contributed by atoms with Crippen molar-refractivity contribution in [2.45, 2.75) is 6.42 Å². The highest BCUT2D eigenvalue weighted by Gasteiger charge is 2.20. The van der Waals surface area contributed by atoms with Gasteiger partial charge in [-0.25, -0.2) is 8.42 Å². The molecule has 0 aromatic heterocycles. The summed E-state index contributed by atoms with van der Waals surface area (Å²) in [6.45, 7) is -0.0892. The minimum absolute atomic E-state index is 0.208. The van der Waals surface area contributed by atoms with Crippen molar-refractivity contribution in [1.82, 2.24) is 4.31 Å². The van der Waals surface area contributed by atoms with Crippen LogP contribution in [0.3, 0.4) is 0 Å². The van der Waals surface area contributed by atoms with Crippen molar-refractivity contribution in [3.8, 4) is 0 Å². The molecule has 1 N–H and O–H groups in total. The quantitative estimate of drug-likeness (QED) is 0.773. The van der Waals surface area contributed by atoms with Crippen molar-refractivity contribution in [2.75, 3.05) is 24.7 Å². The van der Waals surface area contributed by atoms with E-state index in [1.165, 1.54) is 0 Å². The standard InChI is InChI=1S/C17H18Cl2N2O3S/c1-25(23,24)21(11-10-13-6-3-2-4-7-13)12-16(22)20-15-9-5-8-14(18)17(15)19/h2-9H,10-12H2,1H3,(H,20,22). The Morgan fingerprint density at radius 2 is 1.76 bits per heavy atom. The van der Waals surface area contributed by atoms with Gasteiger partial charge >= 0.3 is 0 Å². The first kappa shape index (κ1) is 19.7. The summed E-state index contributed by atoms with van der Waals surface area (Å²) in [5, 5.41) is 3.11. The first-order valence-electron chi connectivity index (χ1n) is 7.50. The summed E-state index contributed by atoms with van der Waals surface area (Å²) in [4.78, 5) is 12.2. The smallest absolute Gasteiger partial charge is 0.239 e. The molecule has 2 rings (SSSR count). The van der Waals surface area contributed by atoms with Gasteiger partial charge in [0.15, 0.2) is 0 Å². The Bertz CT molecular complexity index is 842. The van der Waals surface area contributed by atoms with E-state index in [0.29, 0.717) is 17.1 Å². The molecule has 0 unspecified atom stereocenters. The van der Waals surface area contributed by atoms with E-state index >= 15 is 0 Å². The molecule has 5 nitrogen and oxygen atoms in total. The molecular weight excluding hydrogens is 383 g/mol. The van der Waals surface area contributed by atoms with Crippen LogP contribution in [-0.4, -0.2) is 38.0 Å². The number of hydrogen-bond acceptors (Lipinski definition) is 3. The fourth-order valence-corrected chi connectivity index (χ4v) is 3.33. The summed E-state index contributed by atoms with van der Waals surface area (Å²) in [7, 11) is -3.53. The molecule has 0 saturated carbocycles. The maximum Gasteiger partial charge on any atom is 0.239 e. The van der Waals surface area contributed by atoms with Gasteiger partial charge in [0.2, 0.25) is 15.9 Å². The van der Waals surface area contributed by atoms with Crippen molar-refractivity contribution >= 4 is 44.8 Å². The van der Waals surface area contributed by atoms with E-state index in [4.69, 9.17) is 23.2 Å². The molecule has 0 heterocycles. The minimum Gasteiger partial charge on any atom is -0.324 e. The second-order valence-corrected chi connectivity index (χ2v) is 8.25. The van der Waals surface area contributed by atoms with Gasteiger partial charge in [0.25, 0.3) is 0 Å². The number of sulfonamides is 1. The van der Waals surface area contributed by atoms with Gasteiger partial charge in [-0.3, -0.25) is 4.79 Å². The number of rotatable bonds is 7. The summed E-state index contributed by atoms with van der Waals surface area (Å²) < 4.78 is 25.1. The van der Waals surface area contributed by atoms with Crippen molar-refractivity contribution in [3.05, 3.63) is 64.1 Å². The van der Waals surface area contributed by atoms with Gasteiger partial charge in [0.05, 0.1) is 28.5 Å². The topological polar surface area (TPSA) is 66.5 Å². The molecular formula is C17H18Cl2N2O3S. The van der Waals surface area contributed by atoms with E-state index < -0.39 is 15.9 Å². The second-order valence-electron chi connectivity index (χ2n) is 5.48. The molecule has 134 valence electrons. The third kappa shape index (κ3) is 6.01. The lowest BCUT2D eigenvalue weighted by atomic mass is 10.1. The molecule has 0 bridgehead atoms. The van der Waals surface area contributed by atoms with Crippen LogP contribution in [0.25, 0.3) is 0 Å². The molecule has 0 aliphatic rings. The lowest BCUT2D eigenvalue weighted by molar-refractivity contribution is -0.116. The highest BCUT2D eigenvalue weighted by atomic mass is 35.5. The van der Waals surface area contributed by atoms with Crippen LogP contribution in [0.5, 0.6) is 0 Å². The number of nitrogens with one attached hydrogen (secondary N) is 1. The fourth-order valence-electron chi connectivity index (χ4n) is 2.21. The number of carbonyl (C=O) groups excluding carboxylic acids is 1. The zero-order valence-electron chi connectivity index (χ0n) is 13.6. The van der Waals surface area contributed by atoms with E-state index in [9.17, 15) is 13.2 Å². The molecule has 1 amide bonds. The third-order valence-corrected chi connectivity index (χ3v) is 5.58. The number of halogens is 2. The van der Waals surface area contributed by atoms with Crippen LogP contribution < -0.4 is 5.32 Å². The second kappa shape index (κ2) is 8.67. The van der Waals surface area contributed by atoms with Crippen molar-refractivity contribution in [1.29, 1.82) is 0 Å². The molecule has 2 aromatic carbocycles. The average molecular weight is 401 g/mol. The Hall–Kier alpha value is -1.60. The Morgan fingerprint density at radius 1 is 1.08 bits per heavy atom. The van der Waals surface area contributed by atoms with Crippen molar-refractivity contribution in [3.63, 3.8) is 0 Å². The number of carbonyl (C=O) groups is 1. The zero-order chi connectivity index (χ0) is 18.4. The van der Waals surface area contributed by atoms with Crippen LogP contribution >= 0.6 is 23.2 Å². The lowest BCUT2D eigenvalue weighted by Crippen LogP contribution is -2.38. The lowest BCUT2D eigenvalue weighted by Gasteiger charge is -2.19. The summed E-state index contributed by atoms with van der Waals surface area (Å²) in [5.41, 5.74) is 1.34. The highest BCUT2D eigenvalue weighted by molar-refractivity contribution is 7.88. The normalized spacial score (nSPS) is 11.5. The van der Waals surface area contributed by atoms with Crippen molar-refractivity contribution < 1.29 is 13.2 Å². The van der Waals surface area contributed by atoms with Crippen molar-refractivity contribution in [2.24, 2.45) is 0 Å². The van der Waals surface area contributed by atoms with Crippen LogP contribution in [0, 0.1) is 0 Å². The van der Waals surface area contributed by atoms with Gasteiger partial charge in [0, 0.05) is 6.54 Å². The average Bonchev–Trinajstić information content (AvgIpc) is 2.55. The number of amides is 1. The molecule has 2 aromatic rings. The third-order valence-electron chi connectivity index (χ3n) is 3.51.